The largest absolute Gasteiger partial charge is 0.365 e. The Labute approximate surface area is 172 Å². The number of carbonyl (C=O) groups is 1. The van der Waals surface area contributed by atoms with Gasteiger partial charge in [0.1, 0.15) is 5.82 Å². The minimum absolute atomic E-state index is 0.0752. The van der Waals surface area contributed by atoms with Crippen molar-refractivity contribution in [3.05, 3.63) is 64.5 Å². The van der Waals surface area contributed by atoms with E-state index in [1.54, 1.807) is 11.0 Å². The van der Waals surface area contributed by atoms with E-state index >= 15 is 0 Å². The van der Waals surface area contributed by atoms with Gasteiger partial charge in [-0.25, -0.2) is 4.39 Å². The second kappa shape index (κ2) is 8.25. The average molecular weight is 398 g/mol. The zero-order chi connectivity index (χ0) is 20.5. The van der Waals surface area contributed by atoms with Crippen molar-refractivity contribution in [3.63, 3.8) is 0 Å². The van der Waals surface area contributed by atoms with Gasteiger partial charge in [0.2, 0.25) is 5.91 Å². The molecule has 0 fully saturated rings. The minimum Gasteiger partial charge on any atom is -0.365 e. The first-order chi connectivity index (χ1) is 14.0. The van der Waals surface area contributed by atoms with Gasteiger partial charge in [-0.1, -0.05) is 18.2 Å². The fourth-order valence-corrected chi connectivity index (χ4v) is 4.72. The normalized spacial score (nSPS) is 22.7. The van der Waals surface area contributed by atoms with E-state index in [0.717, 1.165) is 24.0 Å². The molecule has 2 heterocycles. The van der Waals surface area contributed by atoms with Crippen LogP contribution in [0.15, 0.2) is 36.4 Å². The van der Waals surface area contributed by atoms with Crippen molar-refractivity contribution in [2.75, 3.05) is 25.0 Å². The van der Waals surface area contributed by atoms with Crippen molar-refractivity contribution in [2.45, 2.75) is 51.7 Å². The van der Waals surface area contributed by atoms with Crippen molar-refractivity contribution in [1.82, 2.24) is 0 Å². The van der Waals surface area contributed by atoms with E-state index in [-0.39, 0.29) is 23.9 Å². The van der Waals surface area contributed by atoms with Crippen LogP contribution in [0.1, 0.15) is 67.6 Å². The summed E-state index contributed by atoms with van der Waals surface area (Å²) >= 11 is 0. The van der Waals surface area contributed by atoms with Gasteiger partial charge in [-0.05, 0) is 67.6 Å². The number of amides is 1. The first kappa shape index (κ1) is 20.0. The van der Waals surface area contributed by atoms with E-state index in [9.17, 15) is 9.18 Å². The molecule has 2 aliphatic rings. The van der Waals surface area contributed by atoms with E-state index in [4.69, 9.17) is 4.74 Å². The standard InChI is InChI=1S/C24H29FN2O2/c1-4-27(5-2)12-6-7-16-8-10-18-19(13-16)15(3)29-23(18)22-20-14-17(25)9-11-21(20)26-24(22)28/h8-11,13-15,22-23H,4-7,12H2,1-3H3,(H,26,28)/p+1. The predicted molar refractivity (Wildman–Crippen MR) is 112 cm³/mol. The number of hydrogen-bond acceptors (Lipinski definition) is 2. The zero-order valence-electron chi connectivity index (χ0n) is 17.4. The molecule has 2 aromatic rings. The molecule has 0 bridgehead atoms. The Hall–Kier alpha value is -2.24. The maximum atomic E-state index is 13.8. The molecule has 29 heavy (non-hydrogen) atoms. The van der Waals surface area contributed by atoms with E-state index in [2.05, 4.69) is 37.4 Å². The number of quaternary nitrogens is 1. The van der Waals surface area contributed by atoms with E-state index in [1.807, 2.05) is 6.92 Å². The Bertz CT molecular complexity index is 910. The van der Waals surface area contributed by atoms with Crippen molar-refractivity contribution >= 4 is 11.6 Å². The van der Waals surface area contributed by atoms with Crippen LogP contribution in [0.25, 0.3) is 0 Å². The van der Waals surface area contributed by atoms with Gasteiger partial charge in [0.05, 0.1) is 37.8 Å². The van der Waals surface area contributed by atoms with Crippen LogP contribution in [0.5, 0.6) is 0 Å². The summed E-state index contributed by atoms with van der Waals surface area (Å²) < 4.78 is 20.0. The molecule has 2 aromatic carbocycles. The second-order valence-corrected chi connectivity index (χ2v) is 8.17. The van der Waals surface area contributed by atoms with Gasteiger partial charge >= 0.3 is 0 Å². The number of halogens is 1. The van der Waals surface area contributed by atoms with Gasteiger partial charge in [0.15, 0.2) is 0 Å². The Morgan fingerprint density at radius 1 is 1.07 bits per heavy atom. The highest BCUT2D eigenvalue weighted by Gasteiger charge is 2.43. The van der Waals surface area contributed by atoms with Crippen molar-refractivity contribution in [2.24, 2.45) is 0 Å². The second-order valence-electron chi connectivity index (χ2n) is 8.17. The van der Waals surface area contributed by atoms with Gasteiger partial charge < -0.3 is 15.0 Å². The van der Waals surface area contributed by atoms with E-state index in [1.165, 1.54) is 37.3 Å². The van der Waals surface area contributed by atoms with Gasteiger partial charge in [-0.15, -0.1) is 0 Å². The smallest absolute Gasteiger partial charge is 0.235 e. The van der Waals surface area contributed by atoms with Crippen molar-refractivity contribution in [1.29, 1.82) is 0 Å². The summed E-state index contributed by atoms with van der Waals surface area (Å²) in [5, 5.41) is 2.87. The van der Waals surface area contributed by atoms with Crippen LogP contribution >= 0.6 is 0 Å². The van der Waals surface area contributed by atoms with Crippen molar-refractivity contribution < 1.29 is 18.8 Å². The monoisotopic (exact) mass is 397 g/mol. The molecule has 154 valence electrons. The summed E-state index contributed by atoms with van der Waals surface area (Å²) in [6.45, 7) is 10.0. The molecule has 0 aliphatic carbocycles. The average Bonchev–Trinajstić information content (AvgIpc) is 3.20. The first-order valence-corrected chi connectivity index (χ1v) is 10.7. The number of nitrogens with one attached hydrogen (secondary N) is 2. The summed E-state index contributed by atoms with van der Waals surface area (Å²) in [5.74, 6) is -0.967. The highest BCUT2D eigenvalue weighted by atomic mass is 19.1. The third-order valence-corrected chi connectivity index (χ3v) is 6.43. The Morgan fingerprint density at radius 2 is 1.86 bits per heavy atom. The molecular weight excluding hydrogens is 367 g/mol. The van der Waals surface area contributed by atoms with Crippen LogP contribution in [0.4, 0.5) is 10.1 Å². The Balaban J connectivity index is 1.55. The van der Waals surface area contributed by atoms with Crippen LogP contribution in [0.3, 0.4) is 0 Å². The van der Waals surface area contributed by atoms with Crippen molar-refractivity contribution in [3.8, 4) is 0 Å². The lowest BCUT2D eigenvalue weighted by Crippen LogP contribution is -3.11. The van der Waals surface area contributed by atoms with Gasteiger partial charge in [-0.3, -0.25) is 4.79 Å². The lowest BCUT2D eigenvalue weighted by atomic mass is 9.88. The third kappa shape index (κ3) is 3.81. The number of carbonyl (C=O) groups excluding carboxylic acids is 1. The lowest BCUT2D eigenvalue weighted by Gasteiger charge is -2.19. The zero-order valence-corrected chi connectivity index (χ0v) is 17.4. The lowest BCUT2D eigenvalue weighted by molar-refractivity contribution is -0.896. The number of fused-ring (bicyclic) bond motifs is 2. The number of hydrogen-bond donors (Lipinski definition) is 2. The molecule has 0 aromatic heterocycles. The summed E-state index contributed by atoms with van der Waals surface area (Å²) in [5.41, 5.74) is 4.88. The summed E-state index contributed by atoms with van der Waals surface area (Å²) in [7, 11) is 0. The molecule has 3 unspecified atom stereocenters. The summed E-state index contributed by atoms with van der Waals surface area (Å²) in [4.78, 5) is 14.3. The summed E-state index contributed by atoms with van der Waals surface area (Å²) in [6.07, 6.45) is 1.75. The number of benzene rings is 2. The molecule has 2 aliphatic heterocycles. The van der Waals surface area contributed by atoms with Crippen LogP contribution < -0.4 is 10.2 Å². The first-order valence-electron chi connectivity index (χ1n) is 10.7. The number of ether oxygens (including phenoxy) is 1. The van der Waals surface area contributed by atoms with Crippen LogP contribution in [-0.2, 0) is 16.0 Å². The molecule has 2 N–H and O–H groups in total. The predicted octanol–water partition coefficient (Wildman–Crippen LogP) is 3.55. The van der Waals surface area contributed by atoms with Crippen LogP contribution in [0.2, 0.25) is 0 Å². The molecule has 1 amide bonds. The van der Waals surface area contributed by atoms with Crippen LogP contribution in [-0.4, -0.2) is 25.5 Å². The van der Waals surface area contributed by atoms with Crippen LogP contribution in [0, 0.1) is 5.82 Å². The molecule has 0 saturated carbocycles. The Morgan fingerprint density at radius 3 is 2.62 bits per heavy atom. The highest BCUT2D eigenvalue weighted by Crippen LogP contribution is 2.50. The number of anilines is 1. The topological polar surface area (TPSA) is 42.8 Å². The highest BCUT2D eigenvalue weighted by molar-refractivity contribution is 6.03. The quantitative estimate of drug-likeness (QED) is 0.750. The molecule has 5 heteroatoms. The van der Waals surface area contributed by atoms with E-state index < -0.39 is 5.92 Å². The van der Waals surface area contributed by atoms with Gasteiger partial charge in [-0.2, -0.15) is 0 Å². The molecular formula is C24H30FN2O2+. The van der Waals surface area contributed by atoms with Gasteiger partial charge in [0.25, 0.3) is 0 Å². The minimum atomic E-state index is -0.512. The SMILES string of the molecule is CC[NH+](CC)CCCc1ccc2c(c1)C(C)OC2C1C(=O)Nc2ccc(F)cc21. The summed E-state index contributed by atoms with van der Waals surface area (Å²) in [6, 6.07) is 10.9. The number of aryl methyl sites for hydroxylation is 1. The maximum absolute atomic E-state index is 13.8. The van der Waals surface area contributed by atoms with Gasteiger partial charge in [0, 0.05) is 12.1 Å². The fraction of sp³-hybridized carbons (Fsp3) is 0.458. The third-order valence-electron chi connectivity index (χ3n) is 6.43. The fourth-order valence-electron chi connectivity index (χ4n) is 4.72. The molecule has 0 spiro atoms. The molecule has 0 radical (unpaired) electrons. The number of rotatable bonds is 7. The molecule has 0 saturated heterocycles. The Kier molecular flexibility index (Phi) is 5.70. The maximum Gasteiger partial charge on any atom is 0.235 e. The molecule has 4 nitrogen and oxygen atoms in total. The molecule has 4 rings (SSSR count). The molecule has 3 atom stereocenters. The van der Waals surface area contributed by atoms with E-state index in [0.29, 0.717) is 11.3 Å².